The molecule has 0 aliphatic carbocycles. The Kier molecular flexibility index (Phi) is 7.32. The van der Waals surface area contributed by atoms with E-state index in [1.165, 1.54) is 13.1 Å². The Morgan fingerprint density at radius 1 is 1.33 bits per heavy atom. The van der Waals surface area contributed by atoms with E-state index < -0.39 is 75.9 Å². The molecule has 2 N–H and O–H groups in total. The lowest BCUT2D eigenvalue weighted by Crippen LogP contribution is -2.46. The van der Waals surface area contributed by atoms with E-state index in [0.717, 1.165) is 21.5 Å². The molecular weight excluding hydrogens is 584 g/mol. The quantitative estimate of drug-likeness (QED) is 0.406. The summed E-state index contributed by atoms with van der Waals surface area (Å²) in [6.45, 7) is 1.26. The minimum atomic E-state index is -2.99. The van der Waals surface area contributed by atoms with Crippen LogP contribution in [0.2, 0.25) is 5.02 Å². The Labute approximate surface area is 245 Å². The summed E-state index contributed by atoms with van der Waals surface area (Å²) in [6, 6.07) is 0.315. The number of amides is 1. The molecule has 0 fully saturated rings. The molecule has 3 aromatic heterocycles. The molecule has 3 atom stereocenters. The van der Waals surface area contributed by atoms with Crippen molar-refractivity contribution in [3.05, 3.63) is 86.2 Å². The second-order valence-corrected chi connectivity index (χ2v) is 10.7. The highest BCUT2D eigenvalue weighted by Crippen LogP contribution is 2.38. The SMILES string of the molecule is [2H]C([2H])(Oc1cc2n(c(=O)c1Cl)C1C(=CN[C@@H](n3cc(F)c(C(C)(C)NC(C)=O)n3)[C@H]1F)CCOC2)c1ncc(F)cc1F. The van der Waals surface area contributed by atoms with Gasteiger partial charge in [0.25, 0.3) is 5.56 Å². The monoisotopic (exact) mass is 612 g/mol. The van der Waals surface area contributed by atoms with Gasteiger partial charge in [-0.15, -0.1) is 0 Å². The van der Waals surface area contributed by atoms with Crippen molar-refractivity contribution in [2.24, 2.45) is 0 Å². The first-order chi connectivity index (χ1) is 20.6. The van der Waals surface area contributed by atoms with E-state index in [-0.39, 0.29) is 31.0 Å². The van der Waals surface area contributed by atoms with Gasteiger partial charge in [-0.25, -0.2) is 22.2 Å². The van der Waals surface area contributed by atoms with Crippen LogP contribution in [0.5, 0.6) is 5.75 Å². The number of halogens is 5. The van der Waals surface area contributed by atoms with Crippen LogP contribution in [-0.2, 0) is 28.2 Å². The van der Waals surface area contributed by atoms with Crippen molar-refractivity contribution in [3.8, 4) is 5.75 Å². The highest BCUT2D eigenvalue weighted by molar-refractivity contribution is 6.31. The van der Waals surface area contributed by atoms with Crippen LogP contribution in [0.1, 0.15) is 59.2 Å². The van der Waals surface area contributed by atoms with Crippen LogP contribution in [-0.4, -0.2) is 38.0 Å². The maximum absolute atomic E-state index is 16.5. The van der Waals surface area contributed by atoms with Crippen LogP contribution in [0, 0.1) is 17.5 Å². The number of pyridine rings is 2. The van der Waals surface area contributed by atoms with E-state index in [0.29, 0.717) is 17.8 Å². The fourth-order valence-corrected chi connectivity index (χ4v) is 5.19. The topological polar surface area (TPSA) is 112 Å². The van der Waals surface area contributed by atoms with Gasteiger partial charge in [-0.1, -0.05) is 11.6 Å². The minimum Gasteiger partial charge on any atom is -0.485 e. The van der Waals surface area contributed by atoms with Crippen molar-refractivity contribution in [1.29, 1.82) is 0 Å². The second-order valence-electron chi connectivity index (χ2n) is 10.3. The average molecular weight is 613 g/mol. The van der Waals surface area contributed by atoms with Crippen molar-refractivity contribution in [2.75, 3.05) is 6.61 Å². The maximum Gasteiger partial charge on any atom is 0.274 e. The number of fused-ring (bicyclic) bond motifs is 3. The molecule has 2 aliphatic rings. The van der Waals surface area contributed by atoms with Gasteiger partial charge in [0.2, 0.25) is 5.91 Å². The third-order valence-electron chi connectivity index (χ3n) is 6.83. The van der Waals surface area contributed by atoms with E-state index >= 15 is 8.78 Å². The van der Waals surface area contributed by atoms with Gasteiger partial charge in [0.05, 0.1) is 45.6 Å². The zero-order valence-corrected chi connectivity index (χ0v) is 23.3. The fraction of sp³-hybridized carbons (Fsp3) is 0.407. The molecule has 5 rings (SSSR count). The van der Waals surface area contributed by atoms with Gasteiger partial charge in [0.15, 0.2) is 24.0 Å². The molecule has 5 heterocycles. The number of ether oxygens (including phenoxy) is 2. The van der Waals surface area contributed by atoms with Crippen molar-refractivity contribution >= 4 is 17.5 Å². The van der Waals surface area contributed by atoms with Crippen LogP contribution >= 0.6 is 11.6 Å². The summed E-state index contributed by atoms with van der Waals surface area (Å²) in [7, 11) is 0. The van der Waals surface area contributed by atoms with Crippen LogP contribution in [0.3, 0.4) is 0 Å². The Morgan fingerprint density at radius 3 is 2.81 bits per heavy atom. The number of alkyl halides is 1. The van der Waals surface area contributed by atoms with E-state index in [4.69, 9.17) is 23.8 Å². The lowest BCUT2D eigenvalue weighted by atomic mass is 9.94. The van der Waals surface area contributed by atoms with Gasteiger partial charge < -0.3 is 20.1 Å². The highest BCUT2D eigenvalue weighted by Gasteiger charge is 2.41. The zero-order chi connectivity index (χ0) is 32.1. The van der Waals surface area contributed by atoms with Gasteiger partial charge in [-0.2, -0.15) is 5.10 Å². The molecule has 1 unspecified atom stereocenters. The van der Waals surface area contributed by atoms with Gasteiger partial charge in [0.1, 0.15) is 34.5 Å². The molecule has 0 saturated heterocycles. The number of carbonyl (C=O) groups is 1. The van der Waals surface area contributed by atoms with Gasteiger partial charge in [0, 0.05) is 19.1 Å². The van der Waals surface area contributed by atoms with Crippen LogP contribution in [0.15, 0.2) is 41.1 Å². The Hall–Kier alpha value is -3.91. The van der Waals surface area contributed by atoms with Gasteiger partial charge in [-0.05, 0) is 32.0 Å². The first-order valence-corrected chi connectivity index (χ1v) is 13.1. The first-order valence-electron chi connectivity index (χ1n) is 13.8. The van der Waals surface area contributed by atoms with E-state index in [1.807, 2.05) is 0 Å². The number of hydrogen-bond donors (Lipinski definition) is 2. The van der Waals surface area contributed by atoms with Gasteiger partial charge >= 0.3 is 0 Å². The molecule has 0 saturated carbocycles. The number of rotatable bonds is 6. The maximum atomic E-state index is 16.5. The molecule has 0 spiro atoms. The van der Waals surface area contributed by atoms with Crippen molar-refractivity contribution in [3.63, 3.8) is 0 Å². The Bertz CT molecular complexity index is 1720. The molecule has 10 nitrogen and oxygen atoms in total. The number of hydrogen-bond acceptors (Lipinski definition) is 7. The van der Waals surface area contributed by atoms with Crippen LogP contribution < -0.4 is 20.9 Å². The fourth-order valence-electron chi connectivity index (χ4n) is 5.01. The molecule has 15 heteroatoms. The van der Waals surface area contributed by atoms with Gasteiger partial charge in [-0.3, -0.25) is 19.1 Å². The number of nitrogens with one attached hydrogen (secondary N) is 2. The third-order valence-corrected chi connectivity index (χ3v) is 7.18. The molecule has 2 aliphatic heterocycles. The number of nitrogens with zero attached hydrogens (tertiary/aromatic N) is 4. The molecular formula is C27H27ClF4N6O4. The Morgan fingerprint density at radius 2 is 2.10 bits per heavy atom. The van der Waals surface area contributed by atoms with Crippen LogP contribution in [0.25, 0.3) is 0 Å². The molecule has 3 aromatic rings. The normalized spacial score (nSPS) is 21.4. The molecule has 224 valence electrons. The number of carbonyl (C=O) groups excluding carboxylic acids is 1. The first kappa shape index (κ1) is 27.0. The highest BCUT2D eigenvalue weighted by atomic mass is 35.5. The summed E-state index contributed by atoms with van der Waals surface area (Å²) >= 11 is 6.33. The predicted molar refractivity (Wildman–Crippen MR) is 142 cm³/mol. The third kappa shape index (κ3) is 5.60. The number of aromatic nitrogens is 4. The zero-order valence-electron chi connectivity index (χ0n) is 24.6. The smallest absolute Gasteiger partial charge is 0.274 e. The molecule has 0 bridgehead atoms. The summed E-state index contributed by atoms with van der Waals surface area (Å²) in [5.74, 6) is -4.08. The predicted octanol–water partition coefficient (Wildman–Crippen LogP) is 3.95. The van der Waals surface area contributed by atoms with Crippen LogP contribution in [0.4, 0.5) is 17.6 Å². The summed E-state index contributed by atoms with van der Waals surface area (Å²) in [5, 5.41) is 9.02. The second kappa shape index (κ2) is 11.4. The van der Waals surface area contributed by atoms with Crippen molar-refractivity contribution in [2.45, 2.75) is 64.3 Å². The largest absolute Gasteiger partial charge is 0.485 e. The molecule has 0 aromatic carbocycles. The molecule has 0 radical (unpaired) electrons. The molecule has 1 amide bonds. The average Bonchev–Trinajstić information content (AvgIpc) is 3.30. The van der Waals surface area contributed by atoms with E-state index in [9.17, 15) is 18.4 Å². The summed E-state index contributed by atoms with van der Waals surface area (Å²) in [5.41, 5.74) is -2.74. The van der Waals surface area contributed by atoms with E-state index in [2.05, 4.69) is 20.7 Å². The summed E-state index contributed by atoms with van der Waals surface area (Å²) in [4.78, 5) is 28.7. The summed E-state index contributed by atoms with van der Waals surface area (Å²) < 4.78 is 88.5. The van der Waals surface area contributed by atoms with Crippen molar-refractivity contribution < 1.29 is 34.6 Å². The minimum absolute atomic E-state index is 0.0516. The van der Waals surface area contributed by atoms with Crippen molar-refractivity contribution in [1.82, 2.24) is 30.0 Å². The lowest BCUT2D eigenvalue weighted by molar-refractivity contribution is -0.120. The molecule has 42 heavy (non-hydrogen) atoms. The summed E-state index contributed by atoms with van der Waals surface area (Å²) in [6.07, 6.45) is 0.0614. The van der Waals surface area contributed by atoms with E-state index in [1.54, 1.807) is 13.8 Å². The standard InChI is InChI=1S/C27H27ClF4N6O4/c1-13(39)35-27(2,3)24-18(31)10-37(36-24)25-22(32)23-14(8-34-25)4-5-41-11-16-7-20(21(28)26(40)38(16)23)42-12-19-17(30)6-15(29)9-33-19/h6-10,22-23,25,34H,4-5,11-12H2,1-3H3,(H,35,39)/t22-,23?,25-/m0/s1/i12D2. The Balaban J connectivity index is 1.54. The lowest BCUT2D eigenvalue weighted by Gasteiger charge is -2.38.